The first kappa shape index (κ1) is 20.7. The molecular weight excluding hydrogens is 408 g/mol. The standard InChI is InChI=1S/C24H30N4O2S/c1-16-12-26(2)8-9-28(16)13-19-11-20-23(31-19)21(14-27(3)24(20)29)18-6-7-25-22(10-18)30-15-17-4-5-17/h6-7,10-11,14,16-17H,4-5,8-9,12-13,15H2,1-3H3/t16-/m1/s1. The highest BCUT2D eigenvalue weighted by Gasteiger charge is 2.24. The number of nitrogens with zero attached hydrogens (tertiary/aromatic N) is 4. The highest BCUT2D eigenvalue weighted by atomic mass is 32.1. The summed E-state index contributed by atoms with van der Waals surface area (Å²) in [7, 11) is 4.01. The molecule has 1 saturated heterocycles. The molecule has 2 aliphatic rings. The van der Waals surface area contributed by atoms with Gasteiger partial charge in [0.05, 0.1) is 12.0 Å². The van der Waals surface area contributed by atoms with Crippen LogP contribution in [0.4, 0.5) is 0 Å². The molecule has 0 spiro atoms. The van der Waals surface area contributed by atoms with E-state index in [4.69, 9.17) is 4.74 Å². The van der Waals surface area contributed by atoms with E-state index in [-0.39, 0.29) is 5.56 Å². The number of pyridine rings is 2. The number of likely N-dealkylation sites (N-methyl/N-ethyl adjacent to an activating group) is 1. The normalized spacial score (nSPS) is 20.4. The smallest absolute Gasteiger partial charge is 0.259 e. The van der Waals surface area contributed by atoms with Gasteiger partial charge < -0.3 is 14.2 Å². The van der Waals surface area contributed by atoms with Crippen molar-refractivity contribution in [2.24, 2.45) is 13.0 Å². The SMILES string of the molecule is C[C@@H]1CN(C)CCN1Cc1cc2c(=O)n(C)cc(-c3ccnc(OCC4CC4)c3)c2s1. The molecule has 0 amide bonds. The minimum absolute atomic E-state index is 0.0620. The molecule has 4 heterocycles. The van der Waals surface area contributed by atoms with Gasteiger partial charge >= 0.3 is 0 Å². The van der Waals surface area contributed by atoms with Crippen molar-refractivity contribution in [2.75, 3.05) is 33.3 Å². The monoisotopic (exact) mass is 438 g/mol. The average Bonchev–Trinajstić information content (AvgIpc) is 3.49. The van der Waals surface area contributed by atoms with Gasteiger partial charge in [0.1, 0.15) is 0 Å². The lowest BCUT2D eigenvalue weighted by Gasteiger charge is -2.37. The van der Waals surface area contributed by atoms with Gasteiger partial charge in [0.15, 0.2) is 0 Å². The van der Waals surface area contributed by atoms with Crippen molar-refractivity contribution < 1.29 is 4.74 Å². The highest BCUT2D eigenvalue weighted by Crippen LogP contribution is 2.35. The van der Waals surface area contributed by atoms with Crippen LogP contribution in [0.1, 0.15) is 24.6 Å². The van der Waals surface area contributed by atoms with Crippen molar-refractivity contribution in [1.29, 1.82) is 0 Å². The minimum atomic E-state index is 0.0620. The molecule has 0 radical (unpaired) electrons. The van der Waals surface area contributed by atoms with Crippen LogP contribution < -0.4 is 10.3 Å². The second-order valence-corrected chi connectivity index (χ2v) is 10.3. The predicted octanol–water partition coefficient (Wildman–Crippen LogP) is 3.59. The first-order valence-corrected chi connectivity index (χ1v) is 11.9. The van der Waals surface area contributed by atoms with Gasteiger partial charge in [-0.25, -0.2) is 4.98 Å². The fourth-order valence-electron chi connectivity index (χ4n) is 4.34. The van der Waals surface area contributed by atoms with Gasteiger partial charge in [0.25, 0.3) is 5.56 Å². The van der Waals surface area contributed by atoms with E-state index in [9.17, 15) is 4.79 Å². The van der Waals surface area contributed by atoms with Gasteiger partial charge in [0, 0.05) is 72.9 Å². The minimum Gasteiger partial charge on any atom is -0.477 e. The van der Waals surface area contributed by atoms with E-state index in [0.717, 1.165) is 54.0 Å². The van der Waals surface area contributed by atoms with Crippen LogP contribution in [0.15, 0.2) is 35.4 Å². The Bertz CT molecular complexity index is 1150. The number of hydrogen-bond donors (Lipinski definition) is 0. The quantitative estimate of drug-likeness (QED) is 0.589. The second kappa shape index (κ2) is 8.37. The Morgan fingerprint density at radius 2 is 2.06 bits per heavy atom. The Kier molecular flexibility index (Phi) is 5.58. The van der Waals surface area contributed by atoms with E-state index in [2.05, 4.69) is 34.8 Å². The Hall–Kier alpha value is -2.22. The van der Waals surface area contributed by atoms with Gasteiger partial charge in [0.2, 0.25) is 5.88 Å². The fourth-order valence-corrected chi connectivity index (χ4v) is 5.55. The van der Waals surface area contributed by atoms with E-state index in [1.54, 1.807) is 22.1 Å². The van der Waals surface area contributed by atoms with Crippen molar-refractivity contribution in [3.63, 3.8) is 0 Å². The van der Waals surface area contributed by atoms with Crippen LogP contribution >= 0.6 is 11.3 Å². The van der Waals surface area contributed by atoms with E-state index < -0.39 is 0 Å². The number of fused-ring (bicyclic) bond motifs is 1. The van der Waals surface area contributed by atoms with Crippen molar-refractivity contribution in [3.8, 4) is 17.0 Å². The molecule has 164 valence electrons. The number of thiophene rings is 1. The summed E-state index contributed by atoms with van der Waals surface area (Å²) in [5.74, 6) is 1.35. The molecule has 0 bridgehead atoms. The Morgan fingerprint density at radius 3 is 2.84 bits per heavy atom. The van der Waals surface area contributed by atoms with Crippen LogP contribution in [0.3, 0.4) is 0 Å². The molecule has 1 aliphatic heterocycles. The summed E-state index contributed by atoms with van der Waals surface area (Å²) in [4.78, 5) is 23.4. The zero-order valence-corrected chi connectivity index (χ0v) is 19.3. The molecule has 6 nitrogen and oxygen atoms in total. The number of piperazine rings is 1. The van der Waals surface area contributed by atoms with E-state index >= 15 is 0 Å². The lowest BCUT2D eigenvalue weighted by atomic mass is 10.1. The van der Waals surface area contributed by atoms with E-state index in [1.165, 1.54) is 17.7 Å². The van der Waals surface area contributed by atoms with Gasteiger partial charge in [-0.1, -0.05) is 0 Å². The summed E-state index contributed by atoms with van der Waals surface area (Å²) in [6.45, 7) is 7.15. The lowest BCUT2D eigenvalue weighted by molar-refractivity contribution is 0.0948. The van der Waals surface area contributed by atoms with Crippen LogP contribution in [0.5, 0.6) is 5.88 Å². The molecule has 0 N–H and O–H groups in total. The number of ether oxygens (including phenoxy) is 1. The zero-order valence-electron chi connectivity index (χ0n) is 18.5. The fraction of sp³-hybridized carbons (Fsp3) is 0.500. The maximum absolute atomic E-state index is 12.9. The van der Waals surface area contributed by atoms with Gasteiger partial charge in [-0.3, -0.25) is 9.69 Å². The summed E-state index contributed by atoms with van der Waals surface area (Å²) in [5.41, 5.74) is 2.17. The highest BCUT2D eigenvalue weighted by molar-refractivity contribution is 7.19. The molecule has 31 heavy (non-hydrogen) atoms. The van der Waals surface area contributed by atoms with Crippen molar-refractivity contribution in [3.05, 3.63) is 45.8 Å². The maximum atomic E-state index is 12.9. The molecule has 0 unspecified atom stereocenters. The summed E-state index contributed by atoms with van der Waals surface area (Å²) >= 11 is 1.74. The van der Waals surface area contributed by atoms with Crippen LogP contribution in [0.2, 0.25) is 0 Å². The Labute approximate surface area is 187 Å². The lowest BCUT2D eigenvalue weighted by Crippen LogP contribution is -2.49. The molecule has 2 fully saturated rings. The molecule has 3 aromatic heterocycles. The third-order valence-electron chi connectivity index (χ3n) is 6.44. The topological polar surface area (TPSA) is 50.6 Å². The number of hydrogen-bond acceptors (Lipinski definition) is 6. The zero-order chi connectivity index (χ0) is 21.5. The van der Waals surface area contributed by atoms with Crippen molar-refractivity contribution in [1.82, 2.24) is 19.4 Å². The largest absolute Gasteiger partial charge is 0.477 e. The summed E-state index contributed by atoms with van der Waals surface area (Å²) in [6, 6.07) is 6.62. The predicted molar refractivity (Wildman–Crippen MR) is 126 cm³/mol. The molecular formula is C24H30N4O2S. The molecule has 1 saturated carbocycles. The summed E-state index contributed by atoms with van der Waals surface area (Å²) in [6.07, 6.45) is 6.26. The van der Waals surface area contributed by atoms with Crippen molar-refractivity contribution >= 4 is 21.4 Å². The Balaban J connectivity index is 1.48. The molecule has 7 heteroatoms. The molecule has 1 atom stereocenters. The molecule has 0 aromatic carbocycles. The average molecular weight is 439 g/mol. The third-order valence-corrected chi connectivity index (χ3v) is 7.59. The first-order chi connectivity index (χ1) is 15.0. The van der Waals surface area contributed by atoms with E-state index in [0.29, 0.717) is 17.8 Å². The number of rotatable bonds is 6. The van der Waals surface area contributed by atoms with Crippen molar-refractivity contribution in [2.45, 2.75) is 32.4 Å². The van der Waals surface area contributed by atoms with Crippen LogP contribution in [-0.2, 0) is 13.6 Å². The van der Waals surface area contributed by atoms with E-state index in [1.807, 2.05) is 25.4 Å². The third kappa shape index (κ3) is 4.40. The molecule has 5 rings (SSSR count). The first-order valence-electron chi connectivity index (χ1n) is 11.1. The number of aromatic nitrogens is 2. The van der Waals surface area contributed by atoms with Gasteiger partial charge in [-0.15, -0.1) is 11.3 Å². The van der Waals surface area contributed by atoms with Crippen LogP contribution in [0.25, 0.3) is 21.2 Å². The Morgan fingerprint density at radius 1 is 1.23 bits per heavy atom. The van der Waals surface area contributed by atoms with Gasteiger partial charge in [-0.2, -0.15) is 0 Å². The maximum Gasteiger partial charge on any atom is 0.259 e. The van der Waals surface area contributed by atoms with Gasteiger partial charge in [-0.05, 0) is 50.4 Å². The number of aryl methyl sites for hydroxylation is 1. The second-order valence-electron chi connectivity index (χ2n) is 9.13. The molecule has 3 aromatic rings. The molecule has 1 aliphatic carbocycles. The summed E-state index contributed by atoms with van der Waals surface area (Å²) in [5, 5.41) is 0.805. The van der Waals surface area contributed by atoms with Crippen LogP contribution in [-0.4, -0.2) is 58.7 Å². The summed E-state index contributed by atoms with van der Waals surface area (Å²) < 4.78 is 8.64. The van der Waals surface area contributed by atoms with Crippen LogP contribution in [0, 0.1) is 5.92 Å².